The minimum absolute atomic E-state index is 0.103. The fraction of sp³-hybridized carbons (Fsp3) is 0.333. The molecule has 2 aromatic rings. The smallest absolute Gasteiger partial charge is 0.126 e. The van der Waals surface area contributed by atoms with Crippen LogP contribution in [0.4, 0.5) is 5.69 Å². The predicted octanol–water partition coefficient (Wildman–Crippen LogP) is 6.53. The van der Waals surface area contributed by atoms with Gasteiger partial charge in [0.15, 0.2) is 0 Å². The Morgan fingerprint density at radius 2 is 1.96 bits per heavy atom. The number of nitrogens with zero attached hydrogens (tertiary/aromatic N) is 1. The topological polar surface area (TPSA) is 49.7 Å². The van der Waals surface area contributed by atoms with Crippen LogP contribution >= 0.6 is 0 Å². The van der Waals surface area contributed by atoms with Gasteiger partial charge < -0.3 is 5.11 Å². The second-order valence-electron chi connectivity index (χ2n) is 6.39. The van der Waals surface area contributed by atoms with E-state index in [4.69, 9.17) is 0 Å². The van der Waals surface area contributed by atoms with E-state index in [0.717, 1.165) is 53.5 Å². The van der Waals surface area contributed by atoms with Crippen molar-refractivity contribution in [1.82, 2.24) is 0 Å². The molecule has 0 saturated carbocycles. The SMILES string of the molecule is C=C(C)c1ccc(C)cc1-c1c(O)cc(CCCCC)cc1N=O. The fourth-order valence-electron chi connectivity index (χ4n) is 2.98. The number of benzene rings is 2. The zero-order valence-corrected chi connectivity index (χ0v) is 14.7. The molecule has 0 radical (unpaired) electrons. The summed E-state index contributed by atoms with van der Waals surface area (Å²) in [6.45, 7) is 10.0. The maximum absolute atomic E-state index is 11.4. The van der Waals surface area contributed by atoms with Crippen molar-refractivity contribution < 1.29 is 5.11 Å². The highest BCUT2D eigenvalue weighted by molar-refractivity contribution is 5.89. The van der Waals surface area contributed by atoms with Crippen molar-refractivity contribution in [2.45, 2.75) is 46.5 Å². The lowest BCUT2D eigenvalue weighted by Crippen LogP contribution is -1.92. The zero-order chi connectivity index (χ0) is 17.7. The van der Waals surface area contributed by atoms with Crippen LogP contribution in [0, 0.1) is 11.8 Å². The van der Waals surface area contributed by atoms with Gasteiger partial charge in [0.1, 0.15) is 11.4 Å². The van der Waals surface area contributed by atoms with E-state index in [1.807, 2.05) is 32.0 Å². The van der Waals surface area contributed by atoms with Crippen LogP contribution in [0.1, 0.15) is 49.8 Å². The van der Waals surface area contributed by atoms with Crippen molar-refractivity contribution in [3.8, 4) is 16.9 Å². The second kappa shape index (κ2) is 7.91. The molecule has 0 amide bonds. The number of rotatable bonds is 7. The molecule has 2 aromatic carbocycles. The Kier molecular flexibility index (Phi) is 5.91. The molecule has 0 aliphatic carbocycles. The summed E-state index contributed by atoms with van der Waals surface area (Å²) in [4.78, 5) is 11.4. The predicted molar refractivity (Wildman–Crippen MR) is 102 cm³/mol. The lowest BCUT2D eigenvalue weighted by Gasteiger charge is -2.15. The number of phenols is 1. The average molecular weight is 323 g/mol. The van der Waals surface area contributed by atoms with E-state index in [1.54, 1.807) is 12.1 Å². The number of allylic oxidation sites excluding steroid dienone is 1. The Labute approximate surface area is 144 Å². The van der Waals surface area contributed by atoms with Crippen LogP contribution in [0.5, 0.6) is 5.75 Å². The molecule has 0 saturated heterocycles. The third kappa shape index (κ3) is 3.91. The Balaban J connectivity index is 2.57. The summed E-state index contributed by atoms with van der Waals surface area (Å²) in [7, 11) is 0. The molecular formula is C21H25NO2. The fourth-order valence-corrected chi connectivity index (χ4v) is 2.98. The largest absolute Gasteiger partial charge is 0.507 e. The molecule has 0 aromatic heterocycles. The lowest BCUT2D eigenvalue weighted by molar-refractivity contribution is 0.476. The van der Waals surface area contributed by atoms with Gasteiger partial charge in [-0.1, -0.05) is 55.7 Å². The minimum atomic E-state index is 0.103. The Morgan fingerprint density at radius 1 is 1.21 bits per heavy atom. The van der Waals surface area contributed by atoms with Gasteiger partial charge in [0, 0.05) is 0 Å². The van der Waals surface area contributed by atoms with Crippen molar-refractivity contribution >= 4 is 11.3 Å². The van der Waals surface area contributed by atoms with Crippen LogP contribution < -0.4 is 0 Å². The Bertz CT molecular complexity index is 763. The third-order valence-corrected chi connectivity index (χ3v) is 4.23. The third-order valence-electron chi connectivity index (χ3n) is 4.23. The van der Waals surface area contributed by atoms with Gasteiger partial charge in [0.2, 0.25) is 0 Å². The number of nitroso groups, excluding NO2 is 1. The molecular weight excluding hydrogens is 298 g/mol. The molecule has 0 fully saturated rings. The van der Waals surface area contributed by atoms with Gasteiger partial charge in [-0.05, 0) is 60.7 Å². The minimum Gasteiger partial charge on any atom is -0.507 e. The molecule has 3 nitrogen and oxygen atoms in total. The van der Waals surface area contributed by atoms with Gasteiger partial charge in [-0.25, -0.2) is 0 Å². The van der Waals surface area contributed by atoms with Gasteiger partial charge in [0.25, 0.3) is 0 Å². The van der Waals surface area contributed by atoms with Crippen LogP contribution in [0.15, 0.2) is 42.1 Å². The maximum Gasteiger partial charge on any atom is 0.126 e. The summed E-state index contributed by atoms with van der Waals surface area (Å²) >= 11 is 0. The van der Waals surface area contributed by atoms with E-state index < -0.39 is 0 Å². The molecule has 0 unspecified atom stereocenters. The van der Waals surface area contributed by atoms with Gasteiger partial charge >= 0.3 is 0 Å². The molecule has 0 spiro atoms. The van der Waals surface area contributed by atoms with Crippen molar-refractivity contribution in [3.63, 3.8) is 0 Å². The molecule has 3 heteroatoms. The van der Waals surface area contributed by atoms with E-state index in [2.05, 4.69) is 18.7 Å². The van der Waals surface area contributed by atoms with E-state index in [9.17, 15) is 10.0 Å². The first-order valence-electron chi connectivity index (χ1n) is 8.44. The number of aryl methyl sites for hydroxylation is 2. The molecule has 24 heavy (non-hydrogen) atoms. The quantitative estimate of drug-likeness (QED) is 0.465. The second-order valence-corrected chi connectivity index (χ2v) is 6.39. The molecule has 126 valence electrons. The monoisotopic (exact) mass is 323 g/mol. The first-order valence-corrected chi connectivity index (χ1v) is 8.44. The standard InChI is InChI=1S/C21H25NO2/c1-5-6-7-8-16-12-19(22-24)21(20(23)13-16)18-11-15(4)9-10-17(18)14(2)3/h9-13,23H,2,5-8H2,1,3-4H3. The van der Waals surface area contributed by atoms with E-state index in [0.29, 0.717) is 5.56 Å². The van der Waals surface area contributed by atoms with Crippen molar-refractivity contribution in [3.05, 3.63) is 58.5 Å². The number of hydrogen-bond acceptors (Lipinski definition) is 3. The Morgan fingerprint density at radius 3 is 2.58 bits per heavy atom. The molecule has 0 bridgehead atoms. The number of hydrogen-bond donors (Lipinski definition) is 1. The highest BCUT2D eigenvalue weighted by Crippen LogP contribution is 2.42. The maximum atomic E-state index is 11.4. The van der Waals surface area contributed by atoms with E-state index >= 15 is 0 Å². The summed E-state index contributed by atoms with van der Waals surface area (Å²) in [5.74, 6) is 0.103. The highest BCUT2D eigenvalue weighted by atomic mass is 16.3. The summed E-state index contributed by atoms with van der Waals surface area (Å²) < 4.78 is 0. The summed E-state index contributed by atoms with van der Waals surface area (Å²) in [5, 5.41) is 13.8. The van der Waals surface area contributed by atoms with Gasteiger partial charge in [0.05, 0.1) is 5.56 Å². The van der Waals surface area contributed by atoms with Crippen molar-refractivity contribution in [2.24, 2.45) is 5.18 Å². The van der Waals surface area contributed by atoms with Crippen molar-refractivity contribution in [2.75, 3.05) is 0 Å². The molecule has 2 rings (SSSR count). The normalized spacial score (nSPS) is 10.6. The van der Waals surface area contributed by atoms with Crippen LogP contribution in [0.25, 0.3) is 16.7 Å². The number of aromatic hydroxyl groups is 1. The first kappa shape index (κ1) is 17.9. The van der Waals surface area contributed by atoms with Crippen LogP contribution in [0.3, 0.4) is 0 Å². The highest BCUT2D eigenvalue weighted by Gasteiger charge is 2.17. The first-order chi connectivity index (χ1) is 11.5. The molecule has 0 aliphatic rings. The molecule has 0 heterocycles. The van der Waals surface area contributed by atoms with Gasteiger partial charge in [-0.3, -0.25) is 0 Å². The Hall–Kier alpha value is -2.42. The van der Waals surface area contributed by atoms with Crippen LogP contribution in [0.2, 0.25) is 0 Å². The molecule has 0 atom stereocenters. The average Bonchev–Trinajstić information content (AvgIpc) is 2.54. The van der Waals surface area contributed by atoms with Gasteiger partial charge in [-0.2, -0.15) is 0 Å². The van der Waals surface area contributed by atoms with Crippen LogP contribution in [-0.2, 0) is 6.42 Å². The van der Waals surface area contributed by atoms with Crippen LogP contribution in [-0.4, -0.2) is 5.11 Å². The zero-order valence-electron chi connectivity index (χ0n) is 14.7. The number of phenolic OH excluding ortho intramolecular Hbond substituents is 1. The van der Waals surface area contributed by atoms with Crippen molar-refractivity contribution in [1.29, 1.82) is 0 Å². The molecule has 1 N–H and O–H groups in total. The number of unbranched alkanes of at least 4 members (excludes halogenated alkanes) is 2. The summed E-state index contributed by atoms with van der Waals surface area (Å²) in [6.07, 6.45) is 4.14. The molecule has 0 aliphatic heterocycles. The van der Waals surface area contributed by atoms with Gasteiger partial charge in [-0.15, -0.1) is 4.91 Å². The van der Waals surface area contributed by atoms with E-state index in [1.165, 1.54) is 0 Å². The summed E-state index contributed by atoms with van der Waals surface area (Å²) in [5.41, 5.74) is 5.38. The lowest BCUT2D eigenvalue weighted by atomic mass is 9.91. The summed E-state index contributed by atoms with van der Waals surface area (Å²) in [6, 6.07) is 9.48. The van der Waals surface area contributed by atoms with E-state index in [-0.39, 0.29) is 11.4 Å².